The van der Waals surface area contributed by atoms with Crippen molar-refractivity contribution in [2.24, 2.45) is 7.05 Å². The molecule has 1 aliphatic heterocycles. The van der Waals surface area contributed by atoms with E-state index in [1.54, 1.807) is 11.8 Å². The van der Waals surface area contributed by atoms with E-state index >= 15 is 0 Å². The molecule has 1 atom stereocenters. The molecule has 29 heavy (non-hydrogen) atoms. The number of aromatic nitrogens is 2. The second kappa shape index (κ2) is 8.49. The molecular formula is C23H26N4O2. The van der Waals surface area contributed by atoms with Crippen LogP contribution in [0, 0.1) is 0 Å². The summed E-state index contributed by atoms with van der Waals surface area (Å²) < 4.78 is 7.09. The van der Waals surface area contributed by atoms with Crippen LogP contribution in [-0.4, -0.2) is 40.3 Å². The van der Waals surface area contributed by atoms with E-state index in [-0.39, 0.29) is 11.9 Å². The van der Waals surface area contributed by atoms with Crippen LogP contribution in [0.3, 0.4) is 0 Å². The van der Waals surface area contributed by atoms with Gasteiger partial charge in [0.2, 0.25) is 5.91 Å². The van der Waals surface area contributed by atoms with Crippen molar-refractivity contribution in [2.45, 2.75) is 25.4 Å². The Bertz CT molecular complexity index is 981. The first-order valence-electron chi connectivity index (χ1n) is 9.89. The summed E-state index contributed by atoms with van der Waals surface area (Å²) in [6.45, 7) is 1.68. The molecule has 1 aromatic heterocycles. The maximum Gasteiger partial charge on any atom is 0.241 e. The van der Waals surface area contributed by atoms with Gasteiger partial charge >= 0.3 is 0 Å². The molecule has 0 saturated carbocycles. The van der Waals surface area contributed by atoms with E-state index in [0.717, 1.165) is 54.1 Å². The molecule has 0 bridgehead atoms. The summed E-state index contributed by atoms with van der Waals surface area (Å²) in [5, 5.41) is 7.30. The van der Waals surface area contributed by atoms with Gasteiger partial charge in [0.05, 0.1) is 19.3 Å². The van der Waals surface area contributed by atoms with Crippen molar-refractivity contribution in [3.05, 3.63) is 66.5 Å². The highest BCUT2D eigenvalue weighted by Gasteiger charge is 2.30. The number of anilines is 1. The summed E-state index contributed by atoms with van der Waals surface area (Å²) in [7, 11) is 3.57. The van der Waals surface area contributed by atoms with Gasteiger partial charge in [0.15, 0.2) is 0 Å². The predicted octanol–water partition coefficient (Wildman–Crippen LogP) is 3.70. The molecular weight excluding hydrogens is 364 g/mol. The third-order valence-corrected chi connectivity index (χ3v) is 5.37. The van der Waals surface area contributed by atoms with Gasteiger partial charge in [-0.1, -0.05) is 24.3 Å². The summed E-state index contributed by atoms with van der Waals surface area (Å²) in [5.41, 5.74) is 4.12. The molecule has 2 aromatic carbocycles. The Morgan fingerprint density at radius 2 is 2.03 bits per heavy atom. The largest absolute Gasteiger partial charge is 0.497 e. The van der Waals surface area contributed by atoms with Gasteiger partial charge in [0.1, 0.15) is 5.75 Å². The van der Waals surface area contributed by atoms with Gasteiger partial charge in [0, 0.05) is 31.0 Å². The van der Waals surface area contributed by atoms with Crippen LogP contribution in [-0.2, 0) is 18.4 Å². The first kappa shape index (κ1) is 19.2. The number of rotatable bonds is 6. The molecule has 2 heterocycles. The molecule has 0 unspecified atom stereocenters. The second-order valence-corrected chi connectivity index (χ2v) is 7.45. The number of ether oxygens (including phenoxy) is 1. The van der Waals surface area contributed by atoms with Crippen LogP contribution < -0.4 is 10.1 Å². The number of nitrogens with zero attached hydrogens (tertiary/aromatic N) is 3. The Morgan fingerprint density at radius 1 is 1.21 bits per heavy atom. The molecule has 150 valence electrons. The number of likely N-dealkylation sites (tertiary alicyclic amines) is 1. The van der Waals surface area contributed by atoms with E-state index in [2.05, 4.69) is 15.3 Å². The third kappa shape index (κ3) is 4.49. The second-order valence-electron chi connectivity index (χ2n) is 7.45. The summed E-state index contributed by atoms with van der Waals surface area (Å²) in [6, 6.07) is 15.8. The lowest BCUT2D eigenvalue weighted by atomic mass is 10.0. The molecule has 3 aromatic rings. The maximum absolute atomic E-state index is 12.9. The molecule has 0 radical (unpaired) electrons. The van der Waals surface area contributed by atoms with Crippen molar-refractivity contribution in [3.63, 3.8) is 0 Å². The minimum Gasteiger partial charge on any atom is -0.497 e. The van der Waals surface area contributed by atoms with Crippen molar-refractivity contribution >= 4 is 11.6 Å². The summed E-state index contributed by atoms with van der Waals surface area (Å²) in [4.78, 5) is 15.1. The number of hydrogen-bond donors (Lipinski definition) is 1. The zero-order valence-electron chi connectivity index (χ0n) is 16.8. The van der Waals surface area contributed by atoms with Gasteiger partial charge in [-0.2, -0.15) is 5.10 Å². The Morgan fingerprint density at radius 3 is 2.76 bits per heavy atom. The SMILES string of the molecule is COc1cccc(-c2ccc(NC(=O)[C@@H]3CCCN3Cc3cnn(C)c3)cc2)c1. The summed E-state index contributed by atoms with van der Waals surface area (Å²) >= 11 is 0. The predicted molar refractivity (Wildman–Crippen MR) is 114 cm³/mol. The van der Waals surface area contributed by atoms with Gasteiger partial charge in [0.25, 0.3) is 0 Å². The monoisotopic (exact) mass is 390 g/mol. The zero-order valence-corrected chi connectivity index (χ0v) is 16.8. The molecule has 4 rings (SSSR count). The molecule has 6 nitrogen and oxygen atoms in total. The Kier molecular flexibility index (Phi) is 5.62. The Labute approximate surface area is 171 Å². The molecule has 0 spiro atoms. The van der Waals surface area contributed by atoms with Crippen LogP contribution in [0.15, 0.2) is 60.9 Å². The molecule has 0 aliphatic carbocycles. The standard InChI is InChI=1S/C23H26N4O2/c1-26-15-17(14-24-26)16-27-12-4-7-22(27)23(28)25-20-10-8-18(9-11-20)19-5-3-6-21(13-19)29-2/h3,5-6,8-11,13-15,22H,4,7,12,16H2,1-2H3,(H,25,28)/t22-/m0/s1. The van der Waals surface area contributed by atoms with E-state index in [1.807, 2.05) is 68.0 Å². The number of aryl methyl sites for hydroxylation is 1. The lowest BCUT2D eigenvalue weighted by Crippen LogP contribution is -2.39. The lowest BCUT2D eigenvalue weighted by Gasteiger charge is -2.23. The first-order chi connectivity index (χ1) is 14.1. The van der Waals surface area contributed by atoms with Crippen molar-refractivity contribution in [3.8, 4) is 16.9 Å². The van der Waals surface area contributed by atoms with Gasteiger partial charge in [-0.05, 0) is 54.8 Å². The number of benzene rings is 2. The van der Waals surface area contributed by atoms with E-state index in [9.17, 15) is 4.79 Å². The number of amides is 1. The van der Waals surface area contributed by atoms with Crippen LogP contribution in [0.1, 0.15) is 18.4 Å². The molecule has 6 heteroatoms. The van der Waals surface area contributed by atoms with Crippen molar-refractivity contribution in [1.82, 2.24) is 14.7 Å². The molecule has 1 fully saturated rings. The number of nitrogens with one attached hydrogen (secondary N) is 1. The van der Waals surface area contributed by atoms with E-state index in [0.29, 0.717) is 0 Å². The quantitative estimate of drug-likeness (QED) is 0.697. The Balaban J connectivity index is 1.41. The average molecular weight is 390 g/mol. The molecule has 1 amide bonds. The lowest BCUT2D eigenvalue weighted by molar-refractivity contribution is -0.120. The Hall–Kier alpha value is -3.12. The van der Waals surface area contributed by atoms with E-state index < -0.39 is 0 Å². The van der Waals surface area contributed by atoms with Gasteiger partial charge in [-0.25, -0.2) is 0 Å². The average Bonchev–Trinajstić information content (AvgIpc) is 3.37. The van der Waals surface area contributed by atoms with Gasteiger partial charge in [-0.15, -0.1) is 0 Å². The topological polar surface area (TPSA) is 59.4 Å². The van der Waals surface area contributed by atoms with E-state index in [4.69, 9.17) is 4.74 Å². The fraction of sp³-hybridized carbons (Fsp3) is 0.304. The fourth-order valence-corrected chi connectivity index (χ4v) is 3.87. The van der Waals surface area contributed by atoms with E-state index in [1.165, 1.54) is 0 Å². The number of carbonyl (C=O) groups is 1. The zero-order chi connectivity index (χ0) is 20.2. The highest BCUT2D eigenvalue weighted by Crippen LogP contribution is 2.26. The minimum absolute atomic E-state index is 0.0560. The number of methoxy groups -OCH3 is 1. The third-order valence-electron chi connectivity index (χ3n) is 5.37. The van der Waals surface area contributed by atoms with Crippen molar-refractivity contribution < 1.29 is 9.53 Å². The normalized spacial score (nSPS) is 16.7. The van der Waals surface area contributed by atoms with Crippen LogP contribution in [0.5, 0.6) is 5.75 Å². The molecule has 1 aliphatic rings. The van der Waals surface area contributed by atoms with Gasteiger partial charge in [-0.3, -0.25) is 14.4 Å². The smallest absolute Gasteiger partial charge is 0.241 e. The summed E-state index contributed by atoms with van der Waals surface area (Å²) in [5.74, 6) is 0.885. The van der Waals surface area contributed by atoms with Crippen molar-refractivity contribution in [2.75, 3.05) is 19.0 Å². The number of hydrogen-bond acceptors (Lipinski definition) is 4. The maximum atomic E-state index is 12.9. The first-order valence-corrected chi connectivity index (χ1v) is 9.89. The minimum atomic E-state index is -0.103. The highest BCUT2D eigenvalue weighted by molar-refractivity contribution is 5.95. The summed E-state index contributed by atoms with van der Waals surface area (Å²) in [6.07, 6.45) is 5.79. The van der Waals surface area contributed by atoms with Gasteiger partial charge < -0.3 is 10.1 Å². The van der Waals surface area contributed by atoms with Crippen LogP contribution in [0.25, 0.3) is 11.1 Å². The van der Waals surface area contributed by atoms with Crippen molar-refractivity contribution in [1.29, 1.82) is 0 Å². The molecule has 1 saturated heterocycles. The molecule has 1 N–H and O–H groups in total. The fourth-order valence-electron chi connectivity index (χ4n) is 3.87. The van der Waals surface area contributed by atoms with Crippen LogP contribution >= 0.6 is 0 Å². The highest BCUT2D eigenvalue weighted by atomic mass is 16.5. The van der Waals surface area contributed by atoms with Crippen LogP contribution in [0.4, 0.5) is 5.69 Å². The number of carbonyl (C=O) groups excluding carboxylic acids is 1. The van der Waals surface area contributed by atoms with Crippen LogP contribution in [0.2, 0.25) is 0 Å².